The Balaban J connectivity index is 2.55. The maximum absolute atomic E-state index is 11.9. The summed E-state index contributed by atoms with van der Waals surface area (Å²) in [5, 5.41) is 8.84. The predicted molar refractivity (Wildman–Crippen MR) is 70.2 cm³/mol. The lowest BCUT2D eigenvalue weighted by Gasteiger charge is -2.00. The van der Waals surface area contributed by atoms with Crippen LogP contribution in [0.2, 0.25) is 0 Å². The summed E-state index contributed by atoms with van der Waals surface area (Å²) in [4.78, 5) is 6.98. The van der Waals surface area contributed by atoms with Gasteiger partial charge in [-0.2, -0.15) is 0 Å². The molecule has 1 heterocycles. The van der Waals surface area contributed by atoms with Crippen molar-refractivity contribution in [3.8, 4) is 0 Å². The quantitative estimate of drug-likeness (QED) is 0.671. The van der Waals surface area contributed by atoms with E-state index in [0.717, 1.165) is 31.5 Å². The molecule has 5 nitrogen and oxygen atoms in total. The van der Waals surface area contributed by atoms with Gasteiger partial charge < -0.3 is 10.1 Å². The highest BCUT2D eigenvalue weighted by Crippen LogP contribution is 2.11. The summed E-state index contributed by atoms with van der Waals surface area (Å²) in [5.74, 6) is 0.800. The monoisotopic (exact) mass is 274 g/mol. The summed E-state index contributed by atoms with van der Waals surface area (Å²) in [7, 11) is -3.27. The van der Waals surface area contributed by atoms with E-state index in [4.69, 9.17) is 5.11 Å². The van der Waals surface area contributed by atoms with E-state index in [2.05, 4.69) is 16.9 Å². The van der Waals surface area contributed by atoms with Crippen LogP contribution in [-0.2, 0) is 16.3 Å². The van der Waals surface area contributed by atoms with Crippen molar-refractivity contribution in [3.05, 3.63) is 12.0 Å². The van der Waals surface area contributed by atoms with Gasteiger partial charge in [0.15, 0.2) is 14.9 Å². The minimum atomic E-state index is -3.27. The molecule has 1 aromatic rings. The maximum atomic E-state index is 11.9. The van der Waals surface area contributed by atoms with Gasteiger partial charge in [-0.1, -0.05) is 19.8 Å². The third kappa shape index (κ3) is 4.78. The Morgan fingerprint density at radius 3 is 2.72 bits per heavy atom. The minimum Gasteiger partial charge on any atom is -0.396 e. The van der Waals surface area contributed by atoms with Gasteiger partial charge in [-0.15, -0.1) is 0 Å². The topological polar surface area (TPSA) is 83.1 Å². The molecule has 0 atom stereocenters. The smallest absolute Gasteiger partial charge is 0.195 e. The molecular weight excluding hydrogens is 252 g/mol. The van der Waals surface area contributed by atoms with Gasteiger partial charge in [0.2, 0.25) is 0 Å². The summed E-state index contributed by atoms with van der Waals surface area (Å²) < 4.78 is 23.8. The molecule has 0 unspecified atom stereocenters. The molecule has 104 valence electrons. The van der Waals surface area contributed by atoms with Gasteiger partial charge >= 0.3 is 0 Å². The van der Waals surface area contributed by atoms with E-state index in [1.54, 1.807) is 0 Å². The normalized spacial score (nSPS) is 11.9. The molecule has 6 heteroatoms. The molecule has 0 spiro atoms. The Morgan fingerprint density at radius 1 is 1.28 bits per heavy atom. The van der Waals surface area contributed by atoms with Crippen LogP contribution in [0.3, 0.4) is 0 Å². The number of aromatic nitrogens is 2. The molecule has 18 heavy (non-hydrogen) atoms. The molecule has 0 aromatic carbocycles. The van der Waals surface area contributed by atoms with Crippen molar-refractivity contribution in [3.63, 3.8) is 0 Å². The average Bonchev–Trinajstić information content (AvgIpc) is 2.79. The first kappa shape index (κ1) is 15.2. The van der Waals surface area contributed by atoms with Crippen molar-refractivity contribution >= 4 is 9.84 Å². The number of unbranched alkanes of at least 4 members (excludes halogenated alkanes) is 3. The Morgan fingerprint density at radius 2 is 2.06 bits per heavy atom. The van der Waals surface area contributed by atoms with Crippen molar-refractivity contribution in [1.29, 1.82) is 0 Å². The van der Waals surface area contributed by atoms with Gasteiger partial charge in [0, 0.05) is 13.0 Å². The van der Waals surface area contributed by atoms with Crippen molar-refractivity contribution < 1.29 is 13.5 Å². The molecule has 0 radical (unpaired) electrons. The number of aliphatic hydroxyl groups is 1. The fraction of sp³-hybridized carbons (Fsp3) is 0.750. The zero-order valence-corrected chi connectivity index (χ0v) is 11.7. The lowest BCUT2D eigenvalue weighted by atomic mass is 10.2. The largest absolute Gasteiger partial charge is 0.396 e. The number of H-pyrrole nitrogens is 1. The molecule has 1 rings (SSSR count). The van der Waals surface area contributed by atoms with E-state index in [-0.39, 0.29) is 17.4 Å². The number of sulfone groups is 1. The van der Waals surface area contributed by atoms with E-state index in [9.17, 15) is 8.42 Å². The SMILES string of the molecule is CCCCCc1ncc(S(=O)(=O)CCCCO)[nH]1. The van der Waals surface area contributed by atoms with E-state index < -0.39 is 9.84 Å². The number of hydrogen-bond donors (Lipinski definition) is 2. The number of nitrogens with zero attached hydrogens (tertiary/aromatic N) is 1. The van der Waals surface area contributed by atoms with Gasteiger partial charge in [-0.05, 0) is 19.3 Å². The maximum Gasteiger partial charge on any atom is 0.195 e. The van der Waals surface area contributed by atoms with Gasteiger partial charge in [0.25, 0.3) is 0 Å². The fourth-order valence-corrected chi connectivity index (χ4v) is 2.98. The van der Waals surface area contributed by atoms with Gasteiger partial charge in [-0.3, -0.25) is 0 Å². The first-order chi connectivity index (χ1) is 8.60. The summed E-state index contributed by atoms with van der Waals surface area (Å²) in [6, 6.07) is 0. The van der Waals surface area contributed by atoms with Crippen molar-refractivity contribution in [2.24, 2.45) is 0 Å². The van der Waals surface area contributed by atoms with E-state index in [1.807, 2.05) is 0 Å². The number of imidazole rings is 1. The third-order valence-corrected chi connectivity index (χ3v) is 4.48. The summed E-state index contributed by atoms with van der Waals surface area (Å²) >= 11 is 0. The van der Waals surface area contributed by atoms with Crippen molar-refractivity contribution in [2.75, 3.05) is 12.4 Å². The fourth-order valence-electron chi connectivity index (χ4n) is 1.68. The summed E-state index contributed by atoms with van der Waals surface area (Å²) in [6.07, 6.45) is 6.45. The number of rotatable bonds is 9. The third-order valence-electron chi connectivity index (χ3n) is 2.78. The molecule has 0 bridgehead atoms. The number of nitrogens with one attached hydrogen (secondary N) is 1. The van der Waals surface area contributed by atoms with Crippen LogP contribution in [0.4, 0.5) is 0 Å². The molecule has 0 aliphatic carbocycles. The zero-order valence-electron chi connectivity index (χ0n) is 10.9. The van der Waals surface area contributed by atoms with Crippen LogP contribution in [0, 0.1) is 0 Å². The lowest BCUT2D eigenvalue weighted by molar-refractivity contribution is 0.287. The van der Waals surface area contributed by atoms with Crippen LogP contribution in [0.25, 0.3) is 0 Å². The molecule has 0 aliphatic rings. The highest BCUT2D eigenvalue weighted by atomic mass is 32.2. The average molecular weight is 274 g/mol. The predicted octanol–water partition coefficient (Wildman–Crippen LogP) is 1.69. The lowest BCUT2D eigenvalue weighted by Crippen LogP contribution is -2.08. The molecule has 0 saturated heterocycles. The van der Waals surface area contributed by atoms with E-state index in [0.29, 0.717) is 12.8 Å². The zero-order chi connectivity index (χ0) is 13.4. The van der Waals surface area contributed by atoms with Crippen LogP contribution in [0.15, 0.2) is 11.2 Å². The first-order valence-electron chi connectivity index (χ1n) is 6.47. The molecular formula is C12H22N2O3S. The van der Waals surface area contributed by atoms with E-state index in [1.165, 1.54) is 6.20 Å². The number of aromatic amines is 1. The van der Waals surface area contributed by atoms with E-state index >= 15 is 0 Å². The Labute approximate surface area is 109 Å². The number of hydrogen-bond acceptors (Lipinski definition) is 4. The minimum absolute atomic E-state index is 0.0285. The van der Waals surface area contributed by atoms with Crippen molar-refractivity contribution in [2.45, 2.75) is 50.5 Å². The van der Waals surface area contributed by atoms with Gasteiger partial charge in [-0.25, -0.2) is 13.4 Å². The van der Waals surface area contributed by atoms with Crippen LogP contribution in [0.5, 0.6) is 0 Å². The van der Waals surface area contributed by atoms with Crippen LogP contribution < -0.4 is 0 Å². The van der Waals surface area contributed by atoms with Gasteiger partial charge in [0.1, 0.15) is 5.82 Å². The molecule has 0 aliphatic heterocycles. The summed E-state index contributed by atoms with van der Waals surface area (Å²) in [6.45, 7) is 2.15. The van der Waals surface area contributed by atoms with Crippen LogP contribution in [-0.4, -0.2) is 35.9 Å². The number of aliphatic hydroxyl groups excluding tert-OH is 1. The Kier molecular flexibility index (Phi) is 6.35. The van der Waals surface area contributed by atoms with Gasteiger partial charge in [0.05, 0.1) is 11.9 Å². The second kappa shape index (κ2) is 7.53. The Bertz CT molecular complexity index is 440. The Hall–Kier alpha value is -0.880. The summed E-state index contributed by atoms with van der Waals surface area (Å²) in [5.41, 5.74) is 0. The molecule has 1 aromatic heterocycles. The molecule has 0 amide bonds. The highest BCUT2D eigenvalue weighted by molar-refractivity contribution is 7.91. The standard InChI is InChI=1S/C12H22N2O3S/c1-2-3-4-7-11-13-10-12(14-11)18(16,17)9-6-5-8-15/h10,15H,2-9H2,1H3,(H,13,14). The molecule has 0 fully saturated rings. The molecule has 0 saturated carbocycles. The van der Waals surface area contributed by atoms with Crippen LogP contribution >= 0.6 is 0 Å². The van der Waals surface area contributed by atoms with Crippen LogP contribution in [0.1, 0.15) is 44.9 Å². The highest BCUT2D eigenvalue weighted by Gasteiger charge is 2.16. The first-order valence-corrected chi connectivity index (χ1v) is 8.13. The second-order valence-electron chi connectivity index (χ2n) is 4.40. The molecule has 2 N–H and O–H groups in total. The van der Waals surface area contributed by atoms with Crippen molar-refractivity contribution in [1.82, 2.24) is 9.97 Å². The number of aryl methyl sites for hydroxylation is 1. The second-order valence-corrected chi connectivity index (χ2v) is 6.48.